The van der Waals surface area contributed by atoms with Crippen molar-refractivity contribution >= 4 is 5.97 Å². The predicted octanol–water partition coefficient (Wildman–Crippen LogP) is 6.61. The van der Waals surface area contributed by atoms with E-state index in [1.54, 1.807) is 32.9 Å². The molecular formula is C28H34F3NO3. The minimum Gasteiger partial charge on any atom is -0.463 e. The first-order chi connectivity index (χ1) is 16.4. The van der Waals surface area contributed by atoms with Crippen molar-refractivity contribution in [3.8, 4) is 0 Å². The molecule has 4 nitrogen and oxygen atoms in total. The summed E-state index contributed by atoms with van der Waals surface area (Å²) in [6.45, 7) is 13.5. The smallest absolute Gasteiger partial charge is 0.416 e. The van der Waals surface area contributed by atoms with Crippen LogP contribution in [-0.4, -0.2) is 37.7 Å². The summed E-state index contributed by atoms with van der Waals surface area (Å²) >= 11 is 0. The van der Waals surface area contributed by atoms with Gasteiger partial charge in [0.25, 0.3) is 0 Å². The largest absolute Gasteiger partial charge is 0.463 e. The highest BCUT2D eigenvalue weighted by Gasteiger charge is 2.37. The fourth-order valence-corrected chi connectivity index (χ4v) is 4.04. The molecule has 2 aromatic carbocycles. The van der Waals surface area contributed by atoms with E-state index in [0.717, 1.165) is 17.7 Å². The van der Waals surface area contributed by atoms with Gasteiger partial charge in [-0.25, -0.2) is 4.79 Å². The molecular weight excluding hydrogens is 455 g/mol. The van der Waals surface area contributed by atoms with Gasteiger partial charge in [0.2, 0.25) is 0 Å². The molecule has 0 fully saturated rings. The van der Waals surface area contributed by atoms with Crippen LogP contribution >= 0.6 is 0 Å². The number of carbonyl (C=O) groups is 1. The molecule has 0 saturated carbocycles. The predicted molar refractivity (Wildman–Crippen MR) is 132 cm³/mol. The molecule has 2 atom stereocenters. The first-order valence-corrected chi connectivity index (χ1v) is 11.5. The van der Waals surface area contributed by atoms with Gasteiger partial charge in [0.15, 0.2) is 0 Å². The third-order valence-electron chi connectivity index (χ3n) is 5.98. The number of benzene rings is 2. The van der Waals surface area contributed by atoms with Gasteiger partial charge >= 0.3 is 12.1 Å². The van der Waals surface area contributed by atoms with Crippen LogP contribution in [0.3, 0.4) is 0 Å². The molecule has 0 unspecified atom stereocenters. The summed E-state index contributed by atoms with van der Waals surface area (Å²) < 4.78 is 51.4. The normalized spacial score (nSPS) is 14.3. The molecule has 0 aliphatic heterocycles. The lowest BCUT2D eigenvalue weighted by Crippen LogP contribution is -2.48. The van der Waals surface area contributed by atoms with Crippen molar-refractivity contribution in [2.24, 2.45) is 0 Å². The quantitative estimate of drug-likeness (QED) is 0.191. The molecule has 2 aromatic rings. The molecule has 0 amide bonds. The van der Waals surface area contributed by atoms with Crippen molar-refractivity contribution in [1.82, 2.24) is 4.90 Å². The number of nitrogens with zero attached hydrogens (tertiary/aromatic N) is 1. The molecule has 0 bridgehead atoms. The zero-order valence-electron chi connectivity index (χ0n) is 20.8. The van der Waals surface area contributed by atoms with E-state index in [1.165, 1.54) is 0 Å². The molecule has 0 spiro atoms. The van der Waals surface area contributed by atoms with E-state index in [1.807, 2.05) is 42.3 Å². The third kappa shape index (κ3) is 7.29. The lowest BCUT2D eigenvalue weighted by atomic mass is 9.85. The molecule has 190 valence electrons. The average molecular weight is 490 g/mol. The van der Waals surface area contributed by atoms with Crippen molar-refractivity contribution in [2.45, 2.75) is 45.0 Å². The molecule has 0 N–H and O–H groups in total. The van der Waals surface area contributed by atoms with E-state index in [9.17, 15) is 18.0 Å². The summed E-state index contributed by atoms with van der Waals surface area (Å²) in [7, 11) is 1.85. The van der Waals surface area contributed by atoms with Gasteiger partial charge in [-0.15, -0.1) is 6.58 Å². The maximum absolute atomic E-state index is 13.4. The summed E-state index contributed by atoms with van der Waals surface area (Å²) in [4.78, 5) is 14.2. The van der Waals surface area contributed by atoms with E-state index in [0.29, 0.717) is 23.1 Å². The highest BCUT2D eigenvalue weighted by Crippen LogP contribution is 2.36. The Labute approximate surface area is 206 Å². The zero-order chi connectivity index (χ0) is 26.2. The van der Waals surface area contributed by atoms with Gasteiger partial charge in [0.1, 0.15) is 0 Å². The first-order valence-electron chi connectivity index (χ1n) is 11.5. The fraction of sp³-hybridized carbons (Fsp3) is 0.393. The van der Waals surface area contributed by atoms with Crippen molar-refractivity contribution in [3.05, 3.63) is 95.6 Å². The number of aryl methyl sites for hydroxylation is 1. The number of halogens is 3. The minimum absolute atomic E-state index is 0.145. The third-order valence-corrected chi connectivity index (χ3v) is 5.98. The van der Waals surface area contributed by atoms with Crippen LogP contribution in [0.5, 0.6) is 0 Å². The second-order valence-corrected chi connectivity index (χ2v) is 8.65. The van der Waals surface area contributed by atoms with Crippen LogP contribution in [0, 0.1) is 6.92 Å². The van der Waals surface area contributed by atoms with Crippen LogP contribution < -0.4 is 0 Å². The second-order valence-electron chi connectivity index (χ2n) is 8.65. The van der Waals surface area contributed by atoms with Crippen LogP contribution in [0.1, 0.15) is 48.6 Å². The number of alkyl halides is 3. The lowest BCUT2D eigenvalue weighted by molar-refractivity contribution is -0.139. The summed E-state index contributed by atoms with van der Waals surface area (Å²) in [6.07, 6.45) is -2.81. The zero-order valence-corrected chi connectivity index (χ0v) is 20.8. The van der Waals surface area contributed by atoms with Crippen LogP contribution in [-0.2, 0) is 26.0 Å². The number of ether oxygens (including phenoxy) is 2. The number of likely N-dealkylation sites (N-methyl/N-ethyl adjacent to an activating group) is 1. The minimum atomic E-state index is -4.44. The Kier molecular flexibility index (Phi) is 9.86. The van der Waals surface area contributed by atoms with Crippen LogP contribution in [0.4, 0.5) is 13.2 Å². The summed E-state index contributed by atoms with van der Waals surface area (Å²) in [6, 6.07) is 13.6. The topological polar surface area (TPSA) is 38.8 Å². The summed E-state index contributed by atoms with van der Waals surface area (Å²) in [5.41, 5.74) is 0.714. The van der Waals surface area contributed by atoms with E-state index in [2.05, 4.69) is 13.2 Å². The monoisotopic (exact) mass is 489 g/mol. The van der Waals surface area contributed by atoms with Gasteiger partial charge in [0, 0.05) is 12.1 Å². The summed E-state index contributed by atoms with van der Waals surface area (Å²) in [5.74, 6) is -0.478. The standard InChI is InChI=1S/C28H34F3NO3/c1-7-14-27(24-12-10-9-11-13-24,32(6)18-21(4)26(33)34-8-2)19-35-22(5)23-15-20(3)16-25(17-23)28(29,30)31/h7,9-13,15-17,22H,1,4,8,14,18-19H2,2-3,5-6H3/t22-,27-/m1/s1. The van der Waals surface area contributed by atoms with E-state index >= 15 is 0 Å². The van der Waals surface area contributed by atoms with Gasteiger partial charge in [-0.1, -0.05) is 54.6 Å². The maximum atomic E-state index is 13.4. The Morgan fingerprint density at radius 3 is 2.37 bits per heavy atom. The van der Waals surface area contributed by atoms with Crippen LogP contribution in [0.25, 0.3) is 0 Å². The van der Waals surface area contributed by atoms with E-state index < -0.39 is 29.4 Å². The van der Waals surface area contributed by atoms with Gasteiger partial charge in [-0.05, 0) is 57.5 Å². The van der Waals surface area contributed by atoms with Gasteiger partial charge < -0.3 is 9.47 Å². The maximum Gasteiger partial charge on any atom is 0.416 e. The molecule has 0 aromatic heterocycles. The molecule has 0 aliphatic rings. The van der Waals surface area contributed by atoms with Crippen LogP contribution in [0.15, 0.2) is 73.3 Å². The highest BCUT2D eigenvalue weighted by molar-refractivity contribution is 5.88. The number of hydrogen-bond donors (Lipinski definition) is 0. The Bertz CT molecular complexity index is 1020. The highest BCUT2D eigenvalue weighted by atomic mass is 19.4. The number of carbonyl (C=O) groups excluding carboxylic acids is 1. The Morgan fingerprint density at radius 1 is 1.14 bits per heavy atom. The molecule has 0 heterocycles. The molecule has 0 radical (unpaired) electrons. The van der Waals surface area contributed by atoms with E-state index in [-0.39, 0.29) is 19.8 Å². The number of rotatable bonds is 12. The SMILES string of the molecule is C=CC[C@@](CO[C@H](C)c1cc(C)cc(C(F)(F)F)c1)(c1ccccc1)N(C)CC(=C)C(=O)OCC. The molecule has 0 saturated heterocycles. The number of esters is 1. The van der Waals surface area contributed by atoms with Crippen molar-refractivity contribution in [3.63, 3.8) is 0 Å². The molecule has 2 rings (SSSR count). The van der Waals surface area contributed by atoms with Gasteiger partial charge in [0.05, 0.1) is 30.4 Å². The Balaban J connectivity index is 2.39. The Morgan fingerprint density at radius 2 is 1.80 bits per heavy atom. The van der Waals surface area contributed by atoms with E-state index in [4.69, 9.17) is 9.47 Å². The fourth-order valence-electron chi connectivity index (χ4n) is 4.04. The lowest BCUT2D eigenvalue weighted by Gasteiger charge is -2.42. The van der Waals surface area contributed by atoms with Gasteiger partial charge in [-0.3, -0.25) is 4.90 Å². The Hall–Kier alpha value is -2.90. The van der Waals surface area contributed by atoms with Crippen LogP contribution in [0.2, 0.25) is 0 Å². The van der Waals surface area contributed by atoms with Crippen molar-refractivity contribution in [1.29, 1.82) is 0 Å². The van der Waals surface area contributed by atoms with Crippen molar-refractivity contribution in [2.75, 3.05) is 26.8 Å². The second kappa shape index (κ2) is 12.2. The summed E-state index contributed by atoms with van der Waals surface area (Å²) in [5, 5.41) is 0. The van der Waals surface area contributed by atoms with Gasteiger partial charge in [-0.2, -0.15) is 13.2 Å². The molecule has 7 heteroatoms. The average Bonchev–Trinajstić information content (AvgIpc) is 2.81. The molecule has 0 aliphatic carbocycles. The van der Waals surface area contributed by atoms with Crippen molar-refractivity contribution < 1.29 is 27.4 Å². The molecule has 35 heavy (non-hydrogen) atoms. The number of hydrogen-bond acceptors (Lipinski definition) is 4. The first kappa shape index (κ1) is 28.3.